The van der Waals surface area contributed by atoms with Crippen molar-refractivity contribution in [1.82, 2.24) is 65.7 Å². The van der Waals surface area contributed by atoms with Crippen LogP contribution in [-0.4, -0.2) is 201 Å². The highest BCUT2D eigenvalue weighted by Gasteiger charge is 2.48. The lowest BCUT2D eigenvalue weighted by atomic mass is 9.93. The lowest BCUT2D eigenvalue weighted by Crippen LogP contribution is -2.45. The van der Waals surface area contributed by atoms with Crippen molar-refractivity contribution in [3.8, 4) is 11.3 Å². The second kappa shape index (κ2) is 36.8. The van der Waals surface area contributed by atoms with E-state index in [9.17, 15) is 8.78 Å². The molecule has 0 bridgehead atoms. The molecule has 8 unspecified atom stereocenters. The molecule has 2 N–H and O–H groups in total. The Morgan fingerprint density at radius 2 is 0.941 bits per heavy atom. The van der Waals surface area contributed by atoms with E-state index in [2.05, 4.69) is 148 Å². The van der Waals surface area contributed by atoms with E-state index >= 15 is 0 Å². The van der Waals surface area contributed by atoms with Gasteiger partial charge in [-0.25, -0.2) is 8.78 Å². The Morgan fingerprint density at radius 3 is 1.50 bits per heavy atom. The maximum absolute atomic E-state index is 14.5. The number of azo groups is 3. The molecule has 119 heavy (non-hydrogen) atoms. The first-order chi connectivity index (χ1) is 57.5. The number of hydrogen-bond donors (Lipinski definition) is 2. The van der Waals surface area contributed by atoms with Gasteiger partial charge in [-0.1, -0.05) is 226 Å². The van der Waals surface area contributed by atoms with Crippen LogP contribution in [0.4, 0.5) is 8.78 Å². The molecule has 1 saturated heterocycles. The standard InChI is InChI=1S/C18H20ClIN6.C15H15ClN4.C13H13BrN4.C13H12ClFN4.C13H13ClN4.C13H13FN4/c1-24-7-9-25(10-8-24)11-12-26-17(20)14-15(19)16(21-22-18(14)23-26)13-5-3-2-4-6-13;1-20-15-11(13(19-20)10-7-8-10)12(16)14(17-18-15)9-5-3-2-4-6-9;1-8-10-11(14)12(9-6-4-3-5-7-9)15-16-13(10)18(2)17-8;1-7-10-11(14)12(8-4-3-5-9(15)6-8)16-17-13(10)19(2)18-7;2*1-8-10-11(14)12(9-6-4-3-5-7-9)15-16-13(10)18(2)17-8/h2-6H,7-12H2,1H3;2-6,10-11,15H,7-8H2,1H3;3-7,10,13H,1-2H3;3-6,13,17H,1-2H3;3-7,10,13H,1-2H3;3-7,13,16H,1-2H3. The van der Waals surface area contributed by atoms with Crippen molar-refractivity contribution in [2.75, 3.05) is 75.0 Å². The van der Waals surface area contributed by atoms with Gasteiger partial charge in [0.2, 0.25) is 5.65 Å². The number of rotatable bonds is 10. The summed E-state index contributed by atoms with van der Waals surface area (Å²) in [6.45, 7) is 14.0. The number of benzene rings is 6. The summed E-state index contributed by atoms with van der Waals surface area (Å²) >= 11 is 32.3. The number of nitrogens with one attached hydrogen (secondary N) is 2. The summed E-state index contributed by atoms with van der Waals surface area (Å²) in [5.41, 5.74) is 22.3. The number of nitrogens with zero attached hydrogens (tertiary/aromatic N) is 24. The zero-order valence-corrected chi connectivity index (χ0v) is 73.6. The van der Waals surface area contributed by atoms with Gasteiger partial charge in [0, 0.05) is 123 Å². The van der Waals surface area contributed by atoms with Crippen molar-refractivity contribution in [3.63, 3.8) is 0 Å². The monoisotopic (exact) mass is 1850 g/mol. The minimum Gasteiger partial charge on any atom is -0.304 e. The molecule has 0 spiro atoms. The Balaban J connectivity index is 0.000000112. The van der Waals surface area contributed by atoms with Crippen molar-refractivity contribution >= 4 is 153 Å². The molecule has 2 aromatic heterocycles. The highest BCUT2D eigenvalue weighted by Crippen LogP contribution is 2.48. The third kappa shape index (κ3) is 17.9. The van der Waals surface area contributed by atoms with Gasteiger partial charge in [-0.2, -0.15) is 66.4 Å². The molecule has 0 amide bonds. The number of allylic oxidation sites excluding steroid dienone is 2. The van der Waals surface area contributed by atoms with Crippen molar-refractivity contribution in [1.29, 1.82) is 0 Å². The van der Waals surface area contributed by atoms with Crippen LogP contribution >= 0.6 is 84.9 Å². The lowest BCUT2D eigenvalue weighted by Gasteiger charge is -2.32. The summed E-state index contributed by atoms with van der Waals surface area (Å²) in [6.07, 6.45) is 1.83. The molecule has 13 heterocycles. The molecule has 12 aliphatic rings. The summed E-state index contributed by atoms with van der Waals surface area (Å²) in [6, 6.07) is 55.4. The van der Waals surface area contributed by atoms with E-state index in [1.807, 2.05) is 220 Å². The van der Waals surface area contributed by atoms with E-state index in [1.54, 1.807) is 36.1 Å². The maximum Gasteiger partial charge on any atom is 0.205 e. The first kappa shape index (κ1) is 83.9. The number of hydrazone groups is 7. The van der Waals surface area contributed by atoms with E-state index in [4.69, 9.17) is 46.4 Å². The number of piperazine rings is 1. The number of fused-ring (bicyclic) bond motifs is 6. The van der Waals surface area contributed by atoms with Crippen LogP contribution in [-0.2, 0) is 6.54 Å². The van der Waals surface area contributed by atoms with Gasteiger partial charge in [-0.15, -0.1) is 15.3 Å². The second-order valence-electron chi connectivity index (χ2n) is 29.9. The first-order valence-electron chi connectivity index (χ1n) is 38.9. The molecule has 20 rings (SSSR count). The van der Waals surface area contributed by atoms with Crippen LogP contribution < -0.4 is 10.9 Å². The average Bonchev–Trinajstić information content (AvgIpc) is 1.62. The van der Waals surface area contributed by atoms with Gasteiger partial charge in [-0.05, 0) is 88.2 Å². The third-order valence-electron chi connectivity index (χ3n) is 21.8. The summed E-state index contributed by atoms with van der Waals surface area (Å²) in [4.78, 5) is 4.84. The van der Waals surface area contributed by atoms with Crippen LogP contribution in [0.25, 0.3) is 39.4 Å². The van der Waals surface area contributed by atoms with Gasteiger partial charge in [-0.3, -0.25) is 45.5 Å². The summed E-state index contributed by atoms with van der Waals surface area (Å²) < 4.78 is 31.9. The van der Waals surface area contributed by atoms with E-state index in [1.165, 1.54) is 30.7 Å². The highest BCUT2D eigenvalue weighted by atomic mass is 127. The van der Waals surface area contributed by atoms with E-state index < -0.39 is 0 Å². The minimum absolute atomic E-state index is 0.00756. The smallest absolute Gasteiger partial charge is 0.205 e. The number of aromatic nitrogens is 4. The molecule has 8 atom stereocenters. The van der Waals surface area contributed by atoms with Gasteiger partial charge in [0.25, 0.3) is 0 Å². The first-order valence-corrected chi connectivity index (χ1v) is 42.2. The largest absolute Gasteiger partial charge is 0.304 e. The Morgan fingerprint density at radius 1 is 0.479 bits per heavy atom. The zero-order valence-electron chi connectivity index (χ0n) is 66.9. The van der Waals surface area contributed by atoms with Gasteiger partial charge in [0.05, 0.1) is 72.5 Å². The van der Waals surface area contributed by atoms with E-state index in [0.717, 1.165) is 131 Å². The van der Waals surface area contributed by atoms with Crippen LogP contribution in [0.3, 0.4) is 0 Å². The van der Waals surface area contributed by atoms with Gasteiger partial charge in [0.1, 0.15) is 43.7 Å². The van der Waals surface area contributed by atoms with Gasteiger partial charge >= 0.3 is 0 Å². The van der Waals surface area contributed by atoms with Crippen molar-refractivity contribution in [2.24, 2.45) is 90.1 Å². The second-order valence-corrected chi connectivity index (χ2v) is 33.4. The summed E-state index contributed by atoms with van der Waals surface area (Å²) in [5, 5.41) is 82.3. The van der Waals surface area contributed by atoms with Crippen LogP contribution in [0, 0.1) is 33.2 Å². The fourth-order valence-corrected chi connectivity index (χ4v) is 18.7. The summed E-state index contributed by atoms with van der Waals surface area (Å²) in [7, 11) is 11.6. The molecule has 1 aliphatic carbocycles. The van der Waals surface area contributed by atoms with E-state index in [0.29, 0.717) is 55.6 Å². The minimum atomic E-state index is -0.314. The Bertz CT molecular complexity index is 5550. The fraction of sp³-hybridized carbons (Fsp3) is 0.318. The van der Waals surface area contributed by atoms with Crippen molar-refractivity contribution < 1.29 is 8.78 Å². The molecule has 6 aromatic carbocycles. The van der Waals surface area contributed by atoms with Crippen LogP contribution in [0.2, 0.25) is 5.02 Å². The average molecular weight is 1860 g/mol. The molecule has 26 nitrogen and oxygen atoms in total. The quantitative estimate of drug-likeness (QED) is 0.121. The third-order valence-corrected chi connectivity index (χ3v) is 25.3. The van der Waals surface area contributed by atoms with Crippen LogP contribution in [0.5, 0.6) is 0 Å². The van der Waals surface area contributed by atoms with E-state index in [-0.39, 0.29) is 60.2 Å². The molecule has 1 saturated carbocycles. The number of halogens is 8. The number of hydrogen-bond acceptors (Lipinski definition) is 25. The molecule has 2 fully saturated rings. The molecule has 8 aromatic rings. The summed E-state index contributed by atoms with van der Waals surface area (Å²) in [5.74, 6) is 0.279. The molecule has 612 valence electrons. The normalized spacial score (nSPS) is 23.3. The van der Waals surface area contributed by atoms with Gasteiger partial charge < -0.3 is 4.90 Å². The molecular weight excluding hydrogens is 1770 g/mol. The van der Waals surface area contributed by atoms with Crippen molar-refractivity contribution in [2.45, 2.75) is 77.9 Å². The Hall–Kier alpha value is -10.2. The zero-order chi connectivity index (χ0) is 83.4. The Kier molecular flexibility index (Phi) is 25.9. The number of likely N-dealkylation sites (N-methyl/N-ethyl adjacent to an activating group) is 3. The van der Waals surface area contributed by atoms with Crippen LogP contribution in [0.15, 0.2) is 279 Å². The molecule has 11 aliphatic heterocycles. The lowest BCUT2D eigenvalue weighted by molar-refractivity contribution is 0.148. The fourth-order valence-electron chi connectivity index (χ4n) is 15.3. The molecule has 34 heteroatoms. The predicted octanol–water partition coefficient (Wildman–Crippen LogP) is 17.7. The highest BCUT2D eigenvalue weighted by molar-refractivity contribution is 14.1. The Labute approximate surface area is 731 Å². The predicted molar refractivity (Wildman–Crippen MR) is 482 cm³/mol. The molecular formula is C85H86BrCl4F2IN26. The van der Waals surface area contributed by atoms with Gasteiger partial charge in [0.15, 0.2) is 36.7 Å². The molecule has 0 radical (unpaired) electrons. The topological polar surface area (TPSA) is 251 Å². The van der Waals surface area contributed by atoms with Crippen LogP contribution in [0.1, 0.15) is 68.4 Å². The van der Waals surface area contributed by atoms with Crippen molar-refractivity contribution in [3.05, 3.63) is 255 Å². The SMILES string of the molecule is CC1=NN(C)C2N=NC(c3ccccc3)=C(Br)C12.CC1=NN(C)C2N=NC(c3ccccc3)=C(Cl)C12.CC1=NN(C)C2NN=C(c3cccc(F)c3)C(Cl)=C12.CC1=NN(C)C2NN=C(c3ccccc3)C(F)=C12.CN1CCN(CCn2nc3nnc(-c4ccccc4)c(Cl)c3c2I)CC1.CN1N=C(C2CC2)C2C(Cl)=C(c3ccccc3)N=NC21. The maximum atomic E-state index is 14.5.